The summed E-state index contributed by atoms with van der Waals surface area (Å²) in [6, 6.07) is 7.72. The van der Waals surface area contributed by atoms with Crippen LogP contribution in [0.1, 0.15) is 57.2 Å². The fraction of sp³-hybridized carbons (Fsp3) is 0.524. The Morgan fingerprint density at radius 3 is 2.79 bits per heavy atom. The molecule has 1 saturated heterocycles. The minimum Gasteiger partial charge on any atom is -0.353 e. The summed E-state index contributed by atoms with van der Waals surface area (Å²) in [6.45, 7) is 7.10. The molecular formula is C21H29N5O2. The van der Waals surface area contributed by atoms with Crippen LogP contribution in [0.15, 0.2) is 24.3 Å². The maximum atomic E-state index is 11.2. The monoisotopic (exact) mass is 383 g/mol. The minimum absolute atomic E-state index is 0.0945. The molecule has 150 valence electrons. The zero-order chi connectivity index (χ0) is 20.1. The molecule has 2 aromatic rings. The highest BCUT2D eigenvalue weighted by molar-refractivity contribution is 5.61. The van der Waals surface area contributed by atoms with Gasteiger partial charge in [0.05, 0.1) is 4.92 Å². The molecule has 3 rings (SSSR count). The molecule has 1 unspecified atom stereocenters. The Kier molecular flexibility index (Phi) is 6.44. The second-order valence-corrected chi connectivity index (χ2v) is 7.43. The second kappa shape index (κ2) is 8.99. The van der Waals surface area contributed by atoms with Gasteiger partial charge in [0.2, 0.25) is 5.95 Å². The van der Waals surface area contributed by atoms with E-state index < -0.39 is 0 Å². The lowest BCUT2D eigenvalue weighted by Gasteiger charge is -2.36. The highest BCUT2D eigenvalue weighted by atomic mass is 16.6. The lowest BCUT2D eigenvalue weighted by Crippen LogP contribution is -2.39. The number of piperidine rings is 1. The topological polar surface area (TPSA) is 84.2 Å². The molecule has 0 radical (unpaired) electrons. The number of anilines is 3. The third kappa shape index (κ3) is 4.58. The van der Waals surface area contributed by atoms with Gasteiger partial charge in [-0.2, -0.15) is 4.98 Å². The lowest BCUT2D eigenvalue weighted by molar-refractivity contribution is -0.385. The Hall–Kier alpha value is -2.70. The summed E-state index contributed by atoms with van der Waals surface area (Å²) in [5.74, 6) is 1.45. The molecule has 0 saturated carbocycles. The number of benzene rings is 1. The highest BCUT2D eigenvalue weighted by Gasteiger charge is 2.23. The maximum absolute atomic E-state index is 11.2. The Bertz CT molecular complexity index is 840. The van der Waals surface area contributed by atoms with Crippen LogP contribution < -0.4 is 10.2 Å². The summed E-state index contributed by atoms with van der Waals surface area (Å²) in [6.07, 6.45) is 6.61. The van der Waals surface area contributed by atoms with Gasteiger partial charge in [0, 0.05) is 41.7 Å². The number of nitrogens with zero attached hydrogens (tertiary/aromatic N) is 4. The largest absolute Gasteiger partial charge is 0.353 e. The van der Waals surface area contributed by atoms with Crippen molar-refractivity contribution in [1.82, 2.24) is 9.97 Å². The molecule has 28 heavy (non-hydrogen) atoms. The SMILES string of the molecule is CCCc1cc(N2CCCCC2CC)nc(Nc2ccc(C)c([N+](=O)[O-])c2)n1. The zero-order valence-corrected chi connectivity index (χ0v) is 16.9. The summed E-state index contributed by atoms with van der Waals surface area (Å²) >= 11 is 0. The molecule has 0 spiro atoms. The van der Waals surface area contributed by atoms with E-state index >= 15 is 0 Å². The molecule has 1 aliphatic heterocycles. The second-order valence-electron chi connectivity index (χ2n) is 7.43. The minimum atomic E-state index is -0.361. The molecule has 1 aliphatic rings. The summed E-state index contributed by atoms with van der Waals surface area (Å²) in [4.78, 5) is 22.7. The smallest absolute Gasteiger partial charge is 0.274 e. The molecule has 2 heterocycles. The lowest BCUT2D eigenvalue weighted by atomic mass is 10.00. The molecule has 1 aromatic heterocycles. The van der Waals surface area contributed by atoms with Crippen molar-refractivity contribution in [3.63, 3.8) is 0 Å². The molecule has 7 heteroatoms. The quantitative estimate of drug-likeness (QED) is 0.525. The Labute approximate surface area is 166 Å². The molecule has 1 N–H and O–H groups in total. The molecule has 1 fully saturated rings. The van der Waals surface area contributed by atoms with Crippen molar-refractivity contribution in [3.05, 3.63) is 45.6 Å². The Morgan fingerprint density at radius 2 is 2.07 bits per heavy atom. The van der Waals surface area contributed by atoms with Crippen molar-refractivity contribution in [2.24, 2.45) is 0 Å². The average molecular weight is 383 g/mol. The van der Waals surface area contributed by atoms with E-state index in [1.807, 2.05) is 6.07 Å². The first kappa shape index (κ1) is 20.0. The van der Waals surface area contributed by atoms with E-state index in [-0.39, 0.29) is 10.6 Å². The van der Waals surface area contributed by atoms with Gasteiger partial charge in [-0.3, -0.25) is 10.1 Å². The molecule has 1 atom stereocenters. The number of nitrogens with one attached hydrogen (secondary N) is 1. The number of rotatable bonds is 7. The van der Waals surface area contributed by atoms with Crippen molar-refractivity contribution in [1.29, 1.82) is 0 Å². The average Bonchev–Trinajstić information content (AvgIpc) is 2.69. The summed E-state index contributed by atoms with van der Waals surface area (Å²) < 4.78 is 0. The highest BCUT2D eigenvalue weighted by Crippen LogP contribution is 2.28. The van der Waals surface area contributed by atoms with Crippen molar-refractivity contribution < 1.29 is 4.92 Å². The predicted octanol–water partition coefficient (Wildman–Crippen LogP) is 5.16. The third-order valence-electron chi connectivity index (χ3n) is 5.33. The molecule has 0 bridgehead atoms. The molecule has 1 aromatic carbocycles. The number of nitro benzene ring substituents is 1. The van der Waals surface area contributed by atoms with E-state index in [0.717, 1.165) is 37.3 Å². The Balaban J connectivity index is 1.93. The molecule has 7 nitrogen and oxygen atoms in total. The standard InChI is InChI=1S/C21H29N5O2/c1-4-8-16-14-20(25-12-7-6-9-18(25)5-2)24-21(22-16)23-17-11-10-15(3)19(13-17)26(27)28/h10-11,13-14,18H,4-9,12H2,1-3H3,(H,22,23,24). The van der Waals surface area contributed by atoms with Crippen LogP contribution in [-0.4, -0.2) is 27.5 Å². The normalized spacial score (nSPS) is 16.8. The van der Waals surface area contributed by atoms with Crippen LogP contribution in [0.3, 0.4) is 0 Å². The zero-order valence-electron chi connectivity index (χ0n) is 16.9. The van der Waals surface area contributed by atoms with Gasteiger partial charge in [0.1, 0.15) is 5.82 Å². The van der Waals surface area contributed by atoms with Crippen LogP contribution in [0, 0.1) is 17.0 Å². The number of nitro groups is 1. The van der Waals surface area contributed by atoms with Gasteiger partial charge in [-0.1, -0.05) is 26.3 Å². The molecule has 0 amide bonds. The van der Waals surface area contributed by atoms with Gasteiger partial charge in [-0.05, 0) is 45.1 Å². The van der Waals surface area contributed by atoms with Crippen LogP contribution in [0.25, 0.3) is 0 Å². The van der Waals surface area contributed by atoms with E-state index in [1.165, 1.54) is 19.3 Å². The number of aryl methyl sites for hydroxylation is 2. The summed E-state index contributed by atoms with van der Waals surface area (Å²) in [5.41, 5.74) is 2.35. The van der Waals surface area contributed by atoms with Gasteiger partial charge in [-0.25, -0.2) is 4.98 Å². The van der Waals surface area contributed by atoms with Crippen LogP contribution in [0.5, 0.6) is 0 Å². The van der Waals surface area contributed by atoms with E-state index in [4.69, 9.17) is 4.98 Å². The van der Waals surface area contributed by atoms with E-state index in [2.05, 4.69) is 35.1 Å². The Morgan fingerprint density at radius 1 is 1.25 bits per heavy atom. The number of hydrogen-bond donors (Lipinski definition) is 1. The first-order valence-electron chi connectivity index (χ1n) is 10.2. The predicted molar refractivity (Wildman–Crippen MR) is 112 cm³/mol. The van der Waals surface area contributed by atoms with Crippen molar-refractivity contribution in [3.8, 4) is 0 Å². The third-order valence-corrected chi connectivity index (χ3v) is 5.33. The van der Waals surface area contributed by atoms with Gasteiger partial charge >= 0.3 is 0 Å². The van der Waals surface area contributed by atoms with Gasteiger partial charge in [-0.15, -0.1) is 0 Å². The van der Waals surface area contributed by atoms with Crippen LogP contribution in [-0.2, 0) is 6.42 Å². The van der Waals surface area contributed by atoms with Gasteiger partial charge in [0.25, 0.3) is 5.69 Å². The van der Waals surface area contributed by atoms with Crippen LogP contribution >= 0.6 is 0 Å². The van der Waals surface area contributed by atoms with E-state index in [9.17, 15) is 10.1 Å². The van der Waals surface area contributed by atoms with E-state index in [0.29, 0.717) is 23.2 Å². The fourth-order valence-electron chi connectivity index (χ4n) is 3.81. The van der Waals surface area contributed by atoms with Crippen LogP contribution in [0.2, 0.25) is 0 Å². The summed E-state index contributed by atoms with van der Waals surface area (Å²) in [5, 5.41) is 14.4. The number of hydrogen-bond acceptors (Lipinski definition) is 6. The maximum Gasteiger partial charge on any atom is 0.274 e. The van der Waals surface area contributed by atoms with Crippen LogP contribution in [0.4, 0.5) is 23.1 Å². The van der Waals surface area contributed by atoms with Crippen molar-refractivity contribution in [2.45, 2.75) is 65.3 Å². The number of aromatic nitrogens is 2. The van der Waals surface area contributed by atoms with Gasteiger partial charge in [0.15, 0.2) is 0 Å². The van der Waals surface area contributed by atoms with E-state index in [1.54, 1.807) is 19.1 Å². The molecular weight excluding hydrogens is 354 g/mol. The molecule has 0 aliphatic carbocycles. The summed E-state index contributed by atoms with van der Waals surface area (Å²) in [7, 11) is 0. The van der Waals surface area contributed by atoms with Gasteiger partial charge < -0.3 is 10.2 Å². The van der Waals surface area contributed by atoms with Crippen molar-refractivity contribution >= 4 is 23.1 Å². The fourth-order valence-corrected chi connectivity index (χ4v) is 3.81. The first-order chi connectivity index (χ1) is 13.5. The van der Waals surface area contributed by atoms with Crippen molar-refractivity contribution in [2.75, 3.05) is 16.8 Å². The first-order valence-corrected chi connectivity index (χ1v) is 10.2.